The molecule has 3 aromatic heterocycles. The van der Waals surface area contributed by atoms with Gasteiger partial charge in [0.15, 0.2) is 0 Å². The normalized spacial score (nSPS) is 15.8. The van der Waals surface area contributed by atoms with Crippen LogP contribution in [0.5, 0.6) is 23.0 Å². The molecular weight excluding hydrogens is 566 g/mol. The number of nitrogens with zero attached hydrogens (tertiary/aromatic N) is 3. The molecule has 216 valence electrons. The van der Waals surface area contributed by atoms with E-state index >= 15 is 0 Å². The van der Waals surface area contributed by atoms with Gasteiger partial charge in [-0.15, -0.1) is 0 Å². The van der Waals surface area contributed by atoms with Gasteiger partial charge in [0.05, 0.1) is 16.4 Å². The molecule has 0 saturated heterocycles. The lowest BCUT2D eigenvalue weighted by atomic mass is 9.62. The molecule has 1 atom stereocenters. The van der Waals surface area contributed by atoms with Crippen LogP contribution >= 0.6 is 0 Å². The van der Waals surface area contributed by atoms with Gasteiger partial charge >= 0.3 is 0 Å². The van der Waals surface area contributed by atoms with Crippen LogP contribution in [0.15, 0.2) is 152 Å². The van der Waals surface area contributed by atoms with Crippen molar-refractivity contribution in [2.45, 2.75) is 5.41 Å². The highest BCUT2D eigenvalue weighted by Crippen LogP contribution is 2.61. The maximum absolute atomic E-state index is 6.82. The maximum atomic E-state index is 6.82. The predicted octanol–water partition coefficient (Wildman–Crippen LogP) is 9.83. The molecule has 5 heteroatoms. The molecular formula is C41H25N3O2. The fourth-order valence-electron chi connectivity index (χ4n) is 7.61. The van der Waals surface area contributed by atoms with Crippen LogP contribution < -0.4 is 9.47 Å². The zero-order chi connectivity index (χ0) is 30.2. The molecule has 2 aliphatic rings. The summed E-state index contributed by atoms with van der Waals surface area (Å²) in [5.41, 5.74) is 9.01. The molecule has 5 aromatic carbocycles. The molecule has 0 amide bonds. The van der Waals surface area contributed by atoms with E-state index in [2.05, 4.69) is 124 Å². The van der Waals surface area contributed by atoms with Gasteiger partial charge in [0.2, 0.25) is 0 Å². The van der Waals surface area contributed by atoms with Crippen molar-refractivity contribution in [3.8, 4) is 39.8 Å². The van der Waals surface area contributed by atoms with Gasteiger partial charge in [0, 0.05) is 75.1 Å². The summed E-state index contributed by atoms with van der Waals surface area (Å²) in [6.07, 6.45) is 7.49. The zero-order valence-electron chi connectivity index (χ0n) is 24.6. The van der Waals surface area contributed by atoms with E-state index in [9.17, 15) is 0 Å². The molecule has 0 bridgehead atoms. The SMILES string of the molecule is c1cncc(-c2ccc3c(c2)Oc2ccccc2C32c3ccccc3Oc3cc(-n4c5ccccc5c5cnccc54)ccc32)c1. The Bertz CT molecular complexity index is 2430. The second kappa shape index (κ2) is 9.40. The van der Waals surface area contributed by atoms with Crippen LogP contribution in [0.25, 0.3) is 38.6 Å². The lowest BCUT2D eigenvalue weighted by Gasteiger charge is -2.45. The van der Waals surface area contributed by atoms with E-state index < -0.39 is 5.41 Å². The number of aromatic nitrogens is 3. The predicted molar refractivity (Wildman–Crippen MR) is 180 cm³/mol. The van der Waals surface area contributed by atoms with Gasteiger partial charge in [-0.2, -0.15) is 0 Å². The van der Waals surface area contributed by atoms with Gasteiger partial charge < -0.3 is 14.0 Å². The number of rotatable bonds is 2. The molecule has 8 aromatic rings. The molecule has 5 heterocycles. The average Bonchev–Trinajstić information content (AvgIpc) is 3.46. The number of pyridine rings is 2. The number of fused-ring (bicyclic) bond motifs is 11. The summed E-state index contributed by atoms with van der Waals surface area (Å²) in [6, 6.07) is 44.5. The van der Waals surface area contributed by atoms with Crippen molar-refractivity contribution in [3.63, 3.8) is 0 Å². The molecule has 0 N–H and O–H groups in total. The van der Waals surface area contributed by atoms with Gasteiger partial charge in [-0.1, -0.05) is 78.9 Å². The van der Waals surface area contributed by atoms with Crippen molar-refractivity contribution in [3.05, 3.63) is 174 Å². The monoisotopic (exact) mass is 591 g/mol. The van der Waals surface area contributed by atoms with Crippen molar-refractivity contribution in [1.82, 2.24) is 14.5 Å². The molecule has 1 spiro atoms. The summed E-state index contributed by atoms with van der Waals surface area (Å²) in [6.45, 7) is 0. The van der Waals surface area contributed by atoms with E-state index in [4.69, 9.17) is 9.47 Å². The minimum atomic E-state index is -0.662. The topological polar surface area (TPSA) is 49.2 Å². The first-order valence-electron chi connectivity index (χ1n) is 15.4. The third-order valence-corrected chi connectivity index (χ3v) is 9.50. The third kappa shape index (κ3) is 3.34. The summed E-state index contributed by atoms with van der Waals surface area (Å²) in [5, 5.41) is 2.29. The molecule has 2 aliphatic heterocycles. The van der Waals surface area contributed by atoms with E-state index in [1.165, 1.54) is 5.39 Å². The number of para-hydroxylation sites is 3. The summed E-state index contributed by atoms with van der Waals surface area (Å²) in [5.74, 6) is 3.30. The Labute approximate surface area is 265 Å². The Morgan fingerprint density at radius 2 is 1.11 bits per heavy atom. The highest BCUT2D eigenvalue weighted by molar-refractivity contribution is 6.08. The minimum absolute atomic E-state index is 0.662. The highest BCUT2D eigenvalue weighted by Gasteiger charge is 2.50. The highest BCUT2D eigenvalue weighted by atomic mass is 16.5. The third-order valence-electron chi connectivity index (χ3n) is 9.50. The Kier molecular flexibility index (Phi) is 5.14. The lowest BCUT2D eigenvalue weighted by Crippen LogP contribution is -2.36. The van der Waals surface area contributed by atoms with E-state index in [0.29, 0.717) is 0 Å². The van der Waals surface area contributed by atoms with Gasteiger partial charge in [-0.3, -0.25) is 9.97 Å². The second-order valence-corrected chi connectivity index (χ2v) is 11.8. The molecule has 46 heavy (non-hydrogen) atoms. The van der Waals surface area contributed by atoms with Crippen molar-refractivity contribution in [1.29, 1.82) is 0 Å². The van der Waals surface area contributed by atoms with E-state index in [1.807, 2.05) is 36.8 Å². The first kappa shape index (κ1) is 25.2. The smallest absolute Gasteiger partial charge is 0.134 e. The number of benzene rings is 5. The minimum Gasteiger partial charge on any atom is -0.457 e. The fraction of sp³-hybridized carbons (Fsp3) is 0.0244. The zero-order valence-corrected chi connectivity index (χ0v) is 24.6. The van der Waals surface area contributed by atoms with Crippen LogP contribution in [-0.2, 0) is 5.41 Å². The van der Waals surface area contributed by atoms with E-state index in [-0.39, 0.29) is 0 Å². The maximum Gasteiger partial charge on any atom is 0.134 e. The van der Waals surface area contributed by atoms with Crippen molar-refractivity contribution < 1.29 is 9.47 Å². The molecule has 0 radical (unpaired) electrons. The van der Waals surface area contributed by atoms with E-state index in [1.54, 1.807) is 6.20 Å². The average molecular weight is 592 g/mol. The van der Waals surface area contributed by atoms with E-state index in [0.717, 1.165) is 78.5 Å². The summed E-state index contributed by atoms with van der Waals surface area (Å²) >= 11 is 0. The second-order valence-electron chi connectivity index (χ2n) is 11.8. The van der Waals surface area contributed by atoms with Crippen molar-refractivity contribution in [2.75, 3.05) is 0 Å². The van der Waals surface area contributed by atoms with Crippen molar-refractivity contribution in [2.24, 2.45) is 0 Å². The van der Waals surface area contributed by atoms with Crippen LogP contribution in [-0.4, -0.2) is 14.5 Å². The van der Waals surface area contributed by atoms with Gasteiger partial charge in [0.1, 0.15) is 23.0 Å². The molecule has 0 aliphatic carbocycles. The van der Waals surface area contributed by atoms with Gasteiger partial charge in [-0.05, 0) is 48.0 Å². The summed E-state index contributed by atoms with van der Waals surface area (Å²) < 4.78 is 15.8. The lowest BCUT2D eigenvalue weighted by molar-refractivity contribution is 0.399. The standard InChI is InChI=1S/C41H25N3O2/c1-4-12-35-29(9-1)30-25-43-21-19-36(30)44(35)28-16-18-34-40(23-28)46-38-14-6-3-11-32(38)41(34)31-10-2-5-13-37(31)45-39-22-26(15-17-33(39)41)27-8-7-20-42-24-27/h1-25H. The first-order valence-corrected chi connectivity index (χ1v) is 15.4. The van der Waals surface area contributed by atoms with Crippen LogP contribution in [0.1, 0.15) is 22.3 Å². The van der Waals surface area contributed by atoms with Crippen LogP contribution in [0.4, 0.5) is 0 Å². The molecule has 0 saturated carbocycles. The Balaban J connectivity index is 1.27. The number of hydrogen-bond acceptors (Lipinski definition) is 4. The van der Waals surface area contributed by atoms with Gasteiger partial charge in [0.25, 0.3) is 0 Å². The fourth-order valence-corrected chi connectivity index (χ4v) is 7.61. The molecule has 0 fully saturated rings. The van der Waals surface area contributed by atoms with Crippen LogP contribution in [0.2, 0.25) is 0 Å². The van der Waals surface area contributed by atoms with Crippen molar-refractivity contribution >= 4 is 21.8 Å². The molecule has 1 unspecified atom stereocenters. The van der Waals surface area contributed by atoms with Crippen LogP contribution in [0, 0.1) is 0 Å². The number of ether oxygens (including phenoxy) is 2. The largest absolute Gasteiger partial charge is 0.457 e. The first-order chi connectivity index (χ1) is 22.8. The summed E-state index contributed by atoms with van der Waals surface area (Å²) in [7, 11) is 0. The molecule has 5 nitrogen and oxygen atoms in total. The number of hydrogen-bond donors (Lipinski definition) is 0. The summed E-state index contributed by atoms with van der Waals surface area (Å²) in [4.78, 5) is 8.79. The van der Waals surface area contributed by atoms with Gasteiger partial charge in [-0.25, -0.2) is 0 Å². The molecule has 10 rings (SSSR count). The Morgan fingerprint density at radius 3 is 1.89 bits per heavy atom. The Hall–Kier alpha value is -6.20. The van der Waals surface area contributed by atoms with Crippen LogP contribution in [0.3, 0.4) is 0 Å². The quantitative estimate of drug-likeness (QED) is 0.201. The Morgan fingerprint density at radius 1 is 0.457 bits per heavy atom.